The van der Waals surface area contributed by atoms with Crippen molar-refractivity contribution < 1.29 is 4.74 Å². The Morgan fingerprint density at radius 2 is 2.20 bits per heavy atom. The Kier molecular flexibility index (Phi) is 5.00. The topological polar surface area (TPSA) is 64.3 Å². The number of likely N-dealkylation sites (N-methyl/N-ethyl adjacent to an activating group) is 1. The second-order valence-electron chi connectivity index (χ2n) is 3.14. The van der Waals surface area contributed by atoms with E-state index in [1.807, 2.05) is 0 Å². The molecule has 0 fully saturated rings. The lowest BCUT2D eigenvalue weighted by Crippen LogP contribution is -2.27. The maximum absolute atomic E-state index is 5.45. The number of nitrogens with two attached hydrogens (primary N) is 1. The van der Waals surface area contributed by atoms with Gasteiger partial charge in [0.2, 0.25) is 0 Å². The summed E-state index contributed by atoms with van der Waals surface area (Å²) in [6, 6.07) is 0. The summed E-state index contributed by atoms with van der Waals surface area (Å²) in [5.74, 6) is 0.867. The van der Waals surface area contributed by atoms with Crippen molar-refractivity contribution in [2.75, 3.05) is 31.7 Å². The molecule has 15 heavy (non-hydrogen) atoms. The van der Waals surface area contributed by atoms with Crippen molar-refractivity contribution in [2.45, 2.75) is 13.5 Å². The molecule has 1 rings (SSSR count). The number of methoxy groups -OCH3 is 1. The molecule has 5 heteroatoms. The van der Waals surface area contributed by atoms with Crippen LogP contribution >= 0.6 is 0 Å². The van der Waals surface area contributed by atoms with Crippen LogP contribution in [0.15, 0.2) is 12.4 Å². The second-order valence-corrected chi connectivity index (χ2v) is 3.14. The predicted molar refractivity (Wildman–Crippen MR) is 59.7 cm³/mol. The Labute approximate surface area is 90.3 Å². The van der Waals surface area contributed by atoms with E-state index in [4.69, 9.17) is 10.5 Å². The van der Waals surface area contributed by atoms with Crippen molar-refractivity contribution in [2.24, 2.45) is 5.73 Å². The molecule has 0 atom stereocenters. The van der Waals surface area contributed by atoms with Gasteiger partial charge in [0, 0.05) is 26.7 Å². The largest absolute Gasteiger partial charge is 0.383 e. The molecule has 0 spiro atoms. The molecule has 84 valence electrons. The van der Waals surface area contributed by atoms with E-state index in [1.165, 1.54) is 0 Å². The fraction of sp³-hybridized carbons (Fsp3) is 0.600. The standard InChI is InChI=1S/C10H18N4O/c1-3-14(4-5-15-2)10-8-12-9(6-11)7-13-10/h7-8H,3-6,11H2,1-2H3. The number of rotatable bonds is 6. The third kappa shape index (κ3) is 3.45. The van der Waals surface area contributed by atoms with Crippen LogP contribution < -0.4 is 10.6 Å². The molecule has 0 unspecified atom stereocenters. The van der Waals surface area contributed by atoms with Gasteiger partial charge >= 0.3 is 0 Å². The summed E-state index contributed by atoms with van der Waals surface area (Å²) in [5.41, 5.74) is 6.26. The second kappa shape index (κ2) is 6.31. The highest BCUT2D eigenvalue weighted by molar-refractivity contribution is 5.35. The molecule has 5 nitrogen and oxygen atoms in total. The number of aromatic nitrogens is 2. The van der Waals surface area contributed by atoms with Crippen molar-refractivity contribution in [3.63, 3.8) is 0 Å². The molecule has 1 aromatic heterocycles. The summed E-state index contributed by atoms with van der Waals surface area (Å²) in [6.07, 6.45) is 3.46. The number of hydrogen-bond acceptors (Lipinski definition) is 5. The molecular formula is C10H18N4O. The highest BCUT2D eigenvalue weighted by atomic mass is 16.5. The van der Waals surface area contributed by atoms with Gasteiger partial charge in [-0.25, -0.2) is 4.98 Å². The first-order valence-electron chi connectivity index (χ1n) is 5.06. The van der Waals surface area contributed by atoms with E-state index in [9.17, 15) is 0 Å². The van der Waals surface area contributed by atoms with Crippen LogP contribution in [-0.4, -0.2) is 36.8 Å². The number of hydrogen-bond donors (Lipinski definition) is 1. The highest BCUT2D eigenvalue weighted by Crippen LogP contribution is 2.07. The van der Waals surface area contributed by atoms with E-state index in [2.05, 4.69) is 21.8 Å². The van der Waals surface area contributed by atoms with Crippen molar-refractivity contribution in [3.8, 4) is 0 Å². The quantitative estimate of drug-likeness (QED) is 0.736. The molecule has 0 aliphatic carbocycles. The van der Waals surface area contributed by atoms with Gasteiger partial charge in [0.05, 0.1) is 24.7 Å². The predicted octanol–water partition coefficient (Wildman–Crippen LogP) is 0.408. The Balaban J connectivity index is 2.65. The van der Waals surface area contributed by atoms with Crippen LogP contribution in [0.4, 0.5) is 5.82 Å². The molecule has 2 N–H and O–H groups in total. The SMILES string of the molecule is CCN(CCOC)c1cnc(CN)cn1. The average Bonchev–Trinajstić information content (AvgIpc) is 2.31. The van der Waals surface area contributed by atoms with Crippen molar-refractivity contribution in [1.29, 1.82) is 0 Å². The molecule has 0 saturated heterocycles. The van der Waals surface area contributed by atoms with Gasteiger partial charge in [0.15, 0.2) is 0 Å². The third-order valence-electron chi connectivity index (χ3n) is 2.17. The van der Waals surface area contributed by atoms with Gasteiger partial charge in [-0.05, 0) is 6.92 Å². The summed E-state index contributed by atoms with van der Waals surface area (Å²) < 4.78 is 5.03. The van der Waals surface area contributed by atoms with Gasteiger partial charge < -0.3 is 15.4 Å². The van der Waals surface area contributed by atoms with E-state index in [0.717, 1.165) is 24.6 Å². The molecule has 0 aliphatic heterocycles. The first-order chi connectivity index (χ1) is 7.31. The van der Waals surface area contributed by atoms with E-state index in [-0.39, 0.29) is 0 Å². The zero-order valence-corrected chi connectivity index (χ0v) is 9.31. The summed E-state index contributed by atoms with van der Waals surface area (Å²) >= 11 is 0. The lowest BCUT2D eigenvalue weighted by atomic mass is 10.4. The zero-order valence-electron chi connectivity index (χ0n) is 9.31. The minimum atomic E-state index is 0.428. The molecule has 0 radical (unpaired) electrons. The summed E-state index contributed by atoms with van der Waals surface area (Å²) in [6.45, 7) is 4.91. The van der Waals surface area contributed by atoms with E-state index < -0.39 is 0 Å². The van der Waals surface area contributed by atoms with E-state index in [0.29, 0.717) is 13.2 Å². The maximum atomic E-state index is 5.45. The van der Waals surface area contributed by atoms with Crippen molar-refractivity contribution in [1.82, 2.24) is 9.97 Å². The van der Waals surface area contributed by atoms with Crippen LogP contribution in [-0.2, 0) is 11.3 Å². The zero-order chi connectivity index (χ0) is 11.1. The van der Waals surface area contributed by atoms with Gasteiger partial charge in [-0.1, -0.05) is 0 Å². The van der Waals surface area contributed by atoms with Crippen LogP contribution in [0.5, 0.6) is 0 Å². The van der Waals surface area contributed by atoms with Crippen LogP contribution in [0, 0.1) is 0 Å². The fourth-order valence-electron chi connectivity index (χ4n) is 1.25. The van der Waals surface area contributed by atoms with Gasteiger partial charge in [-0.2, -0.15) is 0 Å². The van der Waals surface area contributed by atoms with Crippen LogP contribution in [0.2, 0.25) is 0 Å². The molecule has 1 heterocycles. The number of nitrogens with zero attached hydrogens (tertiary/aromatic N) is 3. The van der Waals surface area contributed by atoms with Crippen LogP contribution in [0.1, 0.15) is 12.6 Å². The molecule has 1 aromatic rings. The highest BCUT2D eigenvalue weighted by Gasteiger charge is 2.05. The lowest BCUT2D eigenvalue weighted by Gasteiger charge is -2.20. The minimum absolute atomic E-state index is 0.428. The number of anilines is 1. The molecule has 0 amide bonds. The Hall–Kier alpha value is -1.20. The van der Waals surface area contributed by atoms with E-state index in [1.54, 1.807) is 19.5 Å². The molecular weight excluding hydrogens is 192 g/mol. The Morgan fingerprint density at radius 1 is 1.40 bits per heavy atom. The summed E-state index contributed by atoms with van der Waals surface area (Å²) in [7, 11) is 1.69. The third-order valence-corrected chi connectivity index (χ3v) is 2.17. The fourth-order valence-corrected chi connectivity index (χ4v) is 1.25. The summed E-state index contributed by atoms with van der Waals surface area (Å²) in [5, 5.41) is 0. The van der Waals surface area contributed by atoms with Crippen LogP contribution in [0.3, 0.4) is 0 Å². The van der Waals surface area contributed by atoms with E-state index >= 15 is 0 Å². The molecule has 0 saturated carbocycles. The van der Waals surface area contributed by atoms with Crippen molar-refractivity contribution >= 4 is 5.82 Å². The Bertz CT molecular complexity index is 275. The van der Waals surface area contributed by atoms with Gasteiger partial charge in [-0.3, -0.25) is 4.98 Å². The molecule has 0 aromatic carbocycles. The normalized spacial score (nSPS) is 10.3. The molecule has 0 aliphatic rings. The maximum Gasteiger partial charge on any atom is 0.147 e. The smallest absolute Gasteiger partial charge is 0.147 e. The first-order valence-corrected chi connectivity index (χ1v) is 5.06. The van der Waals surface area contributed by atoms with Crippen molar-refractivity contribution in [3.05, 3.63) is 18.1 Å². The first kappa shape index (κ1) is 11.9. The summed E-state index contributed by atoms with van der Waals surface area (Å²) in [4.78, 5) is 10.6. The van der Waals surface area contributed by atoms with Gasteiger partial charge in [0.1, 0.15) is 5.82 Å². The van der Waals surface area contributed by atoms with Gasteiger partial charge in [-0.15, -0.1) is 0 Å². The average molecular weight is 210 g/mol. The minimum Gasteiger partial charge on any atom is -0.383 e. The van der Waals surface area contributed by atoms with Gasteiger partial charge in [0.25, 0.3) is 0 Å². The monoisotopic (exact) mass is 210 g/mol. The lowest BCUT2D eigenvalue weighted by molar-refractivity contribution is 0.205. The number of ether oxygens (including phenoxy) is 1. The Morgan fingerprint density at radius 3 is 2.67 bits per heavy atom. The van der Waals surface area contributed by atoms with Crippen LogP contribution in [0.25, 0.3) is 0 Å². The molecule has 0 bridgehead atoms.